The van der Waals surface area contributed by atoms with Gasteiger partial charge < -0.3 is 5.11 Å². The van der Waals surface area contributed by atoms with E-state index < -0.39 is 0 Å². The van der Waals surface area contributed by atoms with E-state index in [1.807, 2.05) is 0 Å². The normalized spacial score (nSPS) is 26.7. The van der Waals surface area contributed by atoms with Gasteiger partial charge in [-0.25, -0.2) is 0 Å². The third kappa shape index (κ3) is 2.43. The molecule has 0 aliphatic heterocycles. The molecule has 1 heterocycles. The minimum absolute atomic E-state index is 0.152. The van der Waals surface area contributed by atoms with Crippen LogP contribution in [0.1, 0.15) is 38.0 Å². The Kier molecular flexibility index (Phi) is 3.17. The molecule has 0 amide bonds. The van der Waals surface area contributed by atoms with Gasteiger partial charge in [-0.05, 0) is 35.6 Å². The molecule has 1 aliphatic carbocycles. The van der Waals surface area contributed by atoms with Crippen molar-refractivity contribution in [3.8, 4) is 0 Å². The molecule has 2 unspecified atom stereocenters. The summed E-state index contributed by atoms with van der Waals surface area (Å²) in [4.78, 5) is 1.31. The molecule has 1 aromatic rings. The zero-order valence-electron chi connectivity index (χ0n) is 9.57. The van der Waals surface area contributed by atoms with E-state index in [1.165, 1.54) is 24.1 Å². The quantitative estimate of drug-likeness (QED) is 0.833. The average Bonchev–Trinajstić information content (AvgIpc) is 2.73. The predicted molar refractivity (Wildman–Crippen MR) is 65.2 cm³/mol. The Morgan fingerprint density at radius 2 is 2.40 bits per heavy atom. The van der Waals surface area contributed by atoms with Crippen LogP contribution in [0.4, 0.5) is 0 Å². The van der Waals surface area contributed by atoms with Crippen molar-refractivity contribution < 1.29 is 5.11 Å². The molecule has 0 spiro atoms. The highest BCUT2D eigenvalue weighted by molar-refractivity contribution is 7.09. The van der Waals surface area contributed by atoms with Crippen molar-refractivity contribution in [2.45, 2.75) is 45.6 Å². The second-order valence-electron chi connectivity index (χ2n) is 5.34. The Hall–Kier alpha value is -0.340. The second kappa shape index (κ2) is 4.26. The van der Waals surface area contributed by atoms with Crippen LogP contribution < -0.4 is 0 Å². The highest BCUT2D eigenvalue weighted by Crippen LogP contribution is 2.45. The molecule has 1 aliphatic rings. The lowest BCUT2D eigenvalue weighted by molar-refractivity contribution is 0.0548. The van der Waals surface area contributed by atoms with Gasteiger partial charge in [-0.1, -0.05) is 26.3 Å². The molecule has 2 heteroatoms. The molecule has 0 radical (unpaired) electrons. The van der Waals surface area contributed by atoms with Gasteiger partial charge in [0.15, 0.2) is 0 Å². The van der Waals surface area contributed by atoms with Crippen LogP contribution >= 0.6 is 11.3 Å². The van der Waals surface area contributed by atoms with Crippen LogP contribution in [0.25, 0.3) is 0 Å². The maximum atomic E-state index is 10.3. The summed E-state index contributed by atoms with van der Waals surface area (Å²) in [5.74, 6) is 0.486. The van der Waals surface area contributed by atoms with E-state index in [4.69, 9.17) is 0 Å². The molecule has 1 N–H and O–H groups in total. The summed E-state index contributed by atoms with van der Waals surface area (Å²) in [6, 6.07) is 4.18. The number of hydrogen-bond donors (Lipinski definition) is 1. The van der Waals surface area contributed by atoms with Gasteiger partial charge in [0.1, 0.15) is 0 Å². The van der Waals surface area contributed by atoms with Gasteiger partial charge in [-0.2, -0.15) is 0 Å². The summed E-state index contributed by atoms with van der Waals surface area (Å²) in [6.07, 6.45) is 4.42. The predicted octanol–water partition coefficient (Wildman–Crippen LogP) is 3.48. The lowest BCUT2D eigenvalue weighted by Gasteiger charge is -2.31. The Balaban J connectivity index is 1.99. The van der Waals surface area contributed by atoms with Crippen LogP contribution in [-0.4, -0.2) is 11.2 Å². The van der Waals surface area contributed by atoms with Gasteiger partial charge in [0.2, 0.25) is 0 Å². The minimum atomic E-state index is -0.152. The molecule has 1 nitrogen and oxygen atoms in total. The van der Waals surface area contributed by atoms with Crippen molar-refractivity contribution in [3.05, 3.63) is 22.4 Å². The fourth-order valence-corrected chi connectivity index (χ4v) is 3.60. The van der Waals surface area contributed by atoms with Crippen molar-refractivity contribution in [1.82, 2.24) is 0 Å². The van der Waals surface area contributed by atoms with E-state index in [9.17, 15) is 5.11 Å². The number of rotatable bonds is 3. The van der Waals surface area contributed by atoms with Gasteiger partial charge >= 0.3 is 0 Å². The lowest BCUT2D eigenvalue weighted by atomic mass is 9.78. The zero-order valence-corrected chi connectivity index (χ0v) is 10.4. The molecule has 1 fully saturated rings. The fraction of sp³-hybridized carbons (Fsp3) is 0.692. The summed E-state index contributed by atoms with van der Waals surface area (Å²) >= 11 is 1.75. The molecule has 1 aromatic heterocycles. The minimum Gasteiger partial charge on any atom is -0.392 e. The molecule has 0 saturated heterocycles. The summed E-state index contributed by atoms with van der Waals surface area (Å²) in [7, 11) is 0. The first-order valence-electron chi connectivity index (χ1n) is 5.80. The Labute approximate surface area is 96.1 Å². The lowest BCUT2D eigenvalue weighted by Crippen LogP contribution is -2.30. The van der Waals surface area contributed by atoms with Crippen LogP contribution in [0, 0.1) is 11.3 Å². The van der Waals surface area contributed by atoms with Crippen molar-refractivity contribution in [3.63, 3.8) is 0 Å². The largest absolute Gasteiger partial charge is 0.392 e. The van der Waals surface area contributed by atoms with Crippen molar-refractivity contribution in [1.29, 1.82) is 0 Å². The van der Waals surface area contributed by atoms with Crippen LogP contribution in [0.5, 0.6) is 0 Å². The maximum Gasteiger partial charge on any atom is 0.0621 e. The summed E-state index contributed by atoms with van der Waals surface area (Å²) in [5.41, 5.74) is 0.330. The Morgan fingerprint density at radius 3 is 2.93 bits per heavy atom. The topological polar surface area (TPSA) is 20.2 Å². The molecule has 0 bridgehead atoms. The number of hydrogen-bond acceptors (Lipinski definition) is 2. The Bertz CT molecular complexity index is 302. The van der Waals surface area contributed by atoms with E-state index in [1.54, 1.807) is 11.3 Å². The van der Waals surface area contributed by atoms with Gasteiger partial charge in [-0.15, -0.1) is 11.3 Å². The second-order valence-corrected chi connectivity index (χ2v) is 6.37. The van der Waals surface area contributed by atoms with Gasteiger partial charge in [-0.3, -0.25) is 0 Å². The molecule has 84 valence electrons. The van der Waals surface area contributed by atoms with Crippen LogP contribution in [0.2, 0.25) is 0 Å². The maximum absolute atomic E-state index is 10.3. The molecule has 1 saturated carbocycles. The zero-order chi connectivity index (χ0) is 10.9. The Morgan fingerprint density at radius 1 is 1.60 bits per heavy atom. The summed E-state index contributed by atoms with van der Waals surface area (Å²) in [5, 5.41) is 12.3. The third-order valence-electron chi connectivity index (χ3n) is 3.79. The van der Waals surface area contributed by atoms with Crippen LogP contribution in [-0.2, 0) is 6.42 Å². The molecule has 2 rings (SSSR count). The van der Waals surface area contributed by atoms with Crippen molar-refractivity contribution >= 4 is 11.3 Å². The standard InChI is InChI=1S/C13H20OS/c1-13(2)7-3-6-11(13)12(14)9-10-5-4-8-15-10/h4-5,8,11-12,14H,3,6-7,9H2,1-2H3. The average molecular weight is 224 g/mol. The number of aliphatic hydroxyl groups excluding tert-OH is 1. The summed E-state index contributed by atoms with van der Waals surface area (Å²) in [6.45, 7) is 4.59. The molecule has 0 aromatic carbocycles. The van der Waals surface area contributed by atoms with Gasteiger partial charge in [0.05, 0.1) is 6.10 Å². The highest BCUT2D eigenvalue weighted by Gasteiger charge is 2.38. The SMILES string of the molecule is CC1(C)CCCC1C(O)Cc1cccs1. The van der Waals surface area contributed by atoms with E-state index in [0.29, 0.717) is 11.3 Å². The third-order valence-corrected chi connectivity index (χ3v) is 4.69. The monoisotopic (exact) mass is 224 g/mol. The van der Waals surface area contributed by atoms with Crippen molar-refractivity contribution in [2.75, 3.05) is 0 Å². The first kappa shape index (κ1) is 11.2. The number of aliphatic hydroxyl groups is 1. The highest BCUT2D eigenvalue weighted by atomic mass is 32.1. The first-order chi connectivity index (χ1) is 7.09. The van der Waals surface area contributed by atoms with E-state index in [2.05, 4.69) is 31.4 Å². The molecule has 15 heavy (non-hydrogen) atoms. The first-order valence-corrected chi connectivity index (χ1v) is 6.68. The summed E-state index contributed by atoms with van der Waals surface area (Å²) < 4.78 is 0. The fourth-order valence-electron chi connectivity index (χ4n) is 2.84. The van der Waals surface area contributed by atoms with E-state index in [-0.39, 0.29) is 6.10 Å². The van der Waals surface area contributed by atoms with Gasteiger partial charge in [0, 0.05) is 11.3 Å². The van der Waals surface area contributed by atoms with Crippen LogP contribution in [0.3, 0.4) is 0 Å². The molecular formula is C13H20OS. The van der Waals surface area contributed by atoms with Crippen molar-refractivity contribution in [2.24, 2.45) is 11.3 Å². The van der Waals surface area contributed by atoms with E-state index >= 15 is 0 Å². The van der Waals surface area contributed by atoms with Gasteiger partial charge in [0.25, 0.3) is 0 Å². The smallest absolute Gasteiger partial charge is 0.0621 e. The van der Waals surface area contributed by atoms with Crippen LogP contribution in [0.15, 0.2) is 17.5 Å². The molecular weight excluding hydrogens is 204 g/mol. The number of thiophene rings is 1. The van der Waals surface area contributed by atoms with E-state index in [0.717, 1.165) is 6.42 Å². The molecule has 2 atom stereocenters.